The largest absolute Gasteiger partial charge is 0.369 e. The van der Waals surface area contributed by atoms with Gasteiger partial charge in [0.05, 0.1) is 6.07 Å². The minimum atomic E-state index is -0.572. The second-order valence-electron chi connectivity index (χ2n) is 1.80. The molecule has 1 amide bonds. The molecule has 0 spiro atoms. The second-order valence-corrected chi connectivity index (χ2v) is 1.80. The fourth-order valence-corrected chi connectivity index (χ4v) is 0.0779. The van der Waals surface area contributed by atoms with E-state index in [1.807, 2.05) is 0 Å². The normalized spacial score (nSPS) is 6.90. The third-order valence-electron chi connectivity index (χ3n) is 0.753. The molecule has 3 nitrogen and oxygen atoms in total. The summed E-state index contributed by atoms with van der Waals surface area (Å²) >= 11 is 0. The van der Waals surface area contributed by atoms with Gasteiger partial charge in [-0.3, -0.25) is 4.79 Å². The summed E-state index contributed by atoms with van der Waals surface area (Å²) in [5.74, 6) is -0.572. The predicted octanol–water partition coefficient (Wildman–Crippen LogP) is 1.19. The highest BCUT2D eigenvalue weighted by molar-refractivity contribution is 5.75. The minimum Gasteiger partial charge on any atom is -0.369 e. The van der Waals surface area contributed by atoms with Crippen LogP contribution in [0.4, 0.5) is 0 Å². The standard InChI is InChI=1S/C4H10.C3H4N2O/c1-3-4-2;4-2-1-3(5)6/h3-4H2,1-2H3;1H2,(H2,5,6). The van der Waals surface area contributed by atoms with Crippen LogP contribution in [0.3, 0.4) is 0 Å². The Bertz CT molecular complexity index is 113. The highest BCUT2D eigenvalue weighted by Gasteiger charge is 1.84. The van der Waals surface area contributed by atoms with Crippen LogP contribution in [0.5, 0.6) is 0 Å². The molecule has 0 fully saturated rings. The maximum atomic E-state index is 9.60. The molecule has 10 heavy (non-hydrogen) atoms. The predicted molar refractivity (Wildman–Crippen MR) is 40.0 cm³/mol. The van der Waals surface area contributed by atoms with E-state index in [9.17, 15) is 4.79 Å². The average Bonchev–Trinajstić information content (AvgIpc) is 1.89. The lowest BCUT2D eigenvalue weighted by Gasteiger charge is -1.71. The van der Waals surface area contributed by atoms with E-state index in [0.29, 0.717) is 0 Å². The molecule has 0 aliphatic heterocycles. The van der Waals surface area contributed by atoms with Crippen LogP contribution in [0.2, 0.25) is 0 Å². The first-order valence-electron chi connectivity index (χ1n) is 3.34. The van der Waals surface area contributed by atoms with Gasteiger partial charge >= 0.3 is 0 Å². The van der Waals surface area contributed by atoms with Crippen LogP contribution >= 0.6 is 0 Å². The van der Waals surface area contributed by atoms with Gasteiger partial charge in [0.25, 0.3) is 0 Å². The molecule has 0 rings (SSSR count). The fourth-order valence-electron chi connectivity index (χ4n) is 0.0779. The maximum absolute atomic E-state index is 9.60. The summed E-state index contributed by atoms with van der Waals surface area (Å²) in [6.07, 6.45) is 2.46. The van der Waals surface area contributed by atoms with Crippen molar-refractivity contribution in [1.29, 1.82) is 5.26 Å². The van der Waals surface area contributed by atoms with Gasteiger partial charge in [-0.1, -0.05) is 26.7 Å². The number of nitrogens with two attached hydrogens (primary N) is 1. The summed E-state index contributed by atoms with van der Waals surface area (Å²) in [7, 11) is 0. The minimum absolute atomic E-state index is 0.181. The quantitative estimate of drug-likeness (QED) is 0.629. The van der Waals surface area contributed by atoms with Crippen LogP contribution in [0.25, 0.3) is 0 Å². The van der Waals surface area contributed by atoms with Crippen molar-refractivity contribution in [3.8, 4) is 6.07 Å². The summed E-state index contributed by atoms with van der Waals surface area (Å²) in [4.78, 5) is 9.60. The lowest BCUT2D eigenvalue weighted by molar-refractivity contribution is -0.117. The van der Waals surface area contributed by atoms with E-state index in [1.165, 1.54) is 12.8 Å². The summed E-state index contributed by atoms with van der Waals surface area (Å²) in [5, 5.41) is 7.69. The van der Waals surface area contributed by atoms with E-state index >= 15 is 0 Å². The van der Waals surface area contributed by atoms with Gasteiger partial charge in [0.15, 0.2) is 0 Å². The van der Waals surface area contributed by atoms with Gasteiger partial charge in [-0.05, 0) is 0 Å². The Morgan fingerprint density at radius 3 is 1.90 bits per heavy atom. The molecule has 0 atom stereocenters. The van der Waals surface area contributed by atoms with Gasteiger partial charge in [0, 0.05) is 0 Å². The first-order valence-corrected chi connectivity index (χ1v) is 3.34. The molecule has 0 radical (unpaired) electrons. The van der Waals surface area contributed by atoms with Crippen LogP contribution < -0.4 is 5.73 Å². The highest BCUT2D eigenvalue weighted by atomic mass is 16.1. The molecule has 0 aliphatic rings. The third kappa shape index (κ3) is 28.2. The van der Waals surface area contributed by atoms with Gasteiger partial charge < -0.3 is 5.73 Å². The molecule has 0 saturated carbocycles. The van der Waals surface area contributed by atoms with Crippen molar-refractivity contribution in [2.75, 3.05) is 0 Å². The van der Waals surface area contributed by atoms with E-state index in [2.05, 4.69) is 19.6 Å². The summed E-state index contributed by atoms with van der Waals surface area (Å²) < 4.78 is 0. The Kier molecular flexibility index (Phi) is 12.7. The molecule has 0 aromatic heterocycles. The molecular formula is C7H14N2O. The number of nitrogens with zero attached hydrogens (tertiary/aromatic N) is 1. The van der Waals surface area contributed by atoms with Crippen molar-refractivity contribution in [2.45, 2.75) is 33.1 Å². The van der Waals surface area contributed by atoms with E-state index in [-0.39, 0.29) is 6.42 Å². The summed E-state index contributed by atoms with van der Waals surface area (Å²) in [5.41, 5.74) is 4.54. The number of unbranched alkanes of at least 4 members (excludes halogenated alkanes) is 1. The van der Waals surface area contributed by atoms with Gasteiger partial charge in [0.2, 0.25) is 5.91 Å². The molecule has 2 N–H and O–H groups in total. The first-order chi connectivity index (χ1) is 4.68. The molecule has 0 aromatic rings. The number of rotatable bonds is 2. The number of hydrogen-bond donors (Lipinski definition) is 1. The molecule has 58 valence electrons. The maximum Gasteiger partial charge on any atom is 0.231 e. The van der Waals surface area contributed by atoms with Gasteiger partial charge in [0.1, 0.15) is 6.42 Å². The van der Waals surface area contributed by atoms with Crippen LogP contribution in [0.15, 0.2) is 0 Å². The topological polar surface area (TPSA) is 66.9 Å². The Hall–Kier alpha value is -1.04. The van der Waals surface area contributed by atoms with E-state index in [4.69, 9.17) is 5.26 Å². The van der Waals surface area contributed by atoms with Crippen molar-refractivity contribution in [3.63, 3.8) is 0 Å². The average molecular weight is 142 g/mol. The monoisotopic (exact) mass is 142 g/mol. The Morgan fingerprint density at radius 2 is 1.90 bits per heavy atom. The van der Waals surface area contributed by atoms with Gasteiger partial charge in [-0.25, -0.2) is 0 Å². The van der Waals surface area contributed by atoms with Gasteiger partial charge in [-0.15, -0.1) is 0 Å². The molecule has 0 aromatic carbocycles. The van der Waals surface area contributed by atoms with Crippen LogP contribution in [-0.4, -0.2) is 5.91 Å². The first kappa shape index (κ1) is 11.7. The zero-order valence-electron chi connectivity index (χ0n) is 6.55. The highest BCUT2D eigenvalue weighted by Crippen LogP contribution is 1.76. The molecule has 0 unspecified atom stereocenters. The molecule has 0 bridgehead atoms. The third-order valence-corrected chi connectivity index (χ3v) is 0.753. The smallest absolute Gasteiger partial charge is 0.231 e. The van der Waals surface area contributed by atoms with Crippen LogP contribution in [-0.2, 0) is 4.79 Å². The lowest BCUT2D eigenvalue weighted by atomic mass is 10.4. The fraction of sp³-hybridized carbons (Fsp3) is 0.714. The number of nitriles is 1. The number of primary amides is 1. The van der Waals surface area contributed by atoms with Crippen molar-refractivity contribution in [1.82, 2.24) is 0 Å². The van der Waals surface area contributed by atoms with Crippen molar-refractivity contribution < 1.29 is 4.79 Å². The van der Waals surface area contributed by atoms with Crippen molar-refractivity contribution in [3.05, 3.63) is 0 Å². The number of hydrogen-bond acceptors (Lipinski definition) is 2. The molecular weight excluding hydrogens is 128 g/mol. The van der Waals surface area contributed by atoms with E-state index in [1.54, 1.807) is 6.07 Å². The Labute approximate surface area is 61.8 Å². The zero-order valence-corrected chi connectivity index (χ0v) is 6.55. The number of carbonyl (C=O) groups excluding carboxylic acids is 1. The number of amides is 1. The molecule has 0 saturated heterocycles. The zero-order chi connectivity index (χ0) is 8.41. The van der Waals surface area contributed by atoms with Crippen molar-refractivity contribution in [2.24, 2.45) is 5.73 Å². The second kappa shape index (κ2) is 10.9. The SMILES string of the molecule is CCCC.N#CCC(N)=O. The van der Waals surface area contributed by atoms with Crippen molar-refractivity contribution >= 4 is 5.91 Å². The summed E-state index contributed by atoms with van der Waals surface area (Å²) in [6, 6.07) is 1.59. The Balaban J connectivity index is 0. The Morgan fingerprint density at radius 1 is 1.50 bits per heavy atom. The van der Waals surface area contributed by atoms with E-state index in [0.717, 1.165) is 0 Å². The number of carbonyl (C=O) groups is 1. The summed E-state index contributed by atoms with van der Waals surface area (Å²) in [6.45, 7) is 4.36. The van der Waals surface area contributed by atoms with E-state index < -0.39 is 5.91 Å². The van der Waals surface area contributed by atoms with Crippen LogP contribution in [0.1, 0.15) is 33.1 Å². The molecule has 0 heterocycles. The molecule has 0 aliphatic carbocycles. The lowest BCUT2D eigenvalue weighted by Crippen LogP contribution is -2.07. The van der Waals surface area contributed by atoms with Crippen LogP contribution in [0, 0.1) is 11.3 Å². The molecule has 3 heteroatoms. The van der Waals surface area contributed by atoms with Gasteiger partial charge in [-0.2, -0.15) is 5.26 Å².